The first-order valence-corrected chi connectivity index (χ1v) is 5.82. The molecule has 2 aromatic heterocycles. The first-order chi connectivity index (χ1) is 7.70. The van der Waals surface area contributed by atoms with E-state index in [1.807, 2.05) is 0 Å². The minimum atomic E-state index is -0.145. The van der Waals surface area contributed by atoms with E-state index < -0.39 is 0 Å². The Hall–Kier alpha value is -1.36. The van der Waals surface area contributed by atoms with Crippen LogP contribution in [0.4, 0.5) is 0 Å². The molecule has 0 aromatic carbocycles. The predicted octanol–water partition coefficient (Wildman–Crippen LogP) is 2.88. The first kappa shape index (κ1) is 11.1. The van der Waals surface area contributed by atoms with Crippen molar-refractivity contribution in [2.45, 2.75) is 19.9 Å². The Kier molecular flexibility index (Phi) is 3.24. The molecule has 0 aliphatic rings. The van der Waals surface area contributed by atoms with Crippen molar-refractivity contribution >= 4 is 21.7 Å². The molecule has 2 heterocycles. The largest absolute Gasteiger partial charge is 0.446 e. The van der Waals surface area contributed by atoms with E-state index in [1.54, 1.807) is 29.2 Å². The van der Waals surface area contributed by atoms with Gasteiger partial charge in [0.1, 0.15) is 0 Å². The van der Waals surface area contributed by atoms with Gasteiger partial charge in [0.2, 0.25) is 5.78 Å². The number of hydrogen-bond donors (Lipinski definition) is 0. The second-order valence-corrected chi connectivity index (χ2v) is 4.21. The van der Waals surface area contributed by atoms with Crippen molar-refractivity contribution in [3.05, 3.63) is 40.5 Å². The molecular formula is C11H11BrN2O2. The maximum Gasteiger partial charge on any atom is 0.231 e. The number of halogens is 1. The Morgan fingerprint density at radius 2 is 2.38 bits per heavy atom. The summed E-state index contributed by atoms with van der Waals surface area (Å²) in [5, 5.41) is 4.10. The smallest absolute Gasteiger partial charge is 0.231 e. The molecule has 5 heteroatoms. The van der Waals surface area contributed by atoms with Crippen LogP contribution in [0.3, 0.4) is 0 Å². The zero-order valence-corrected chi connectivity index (χ0v) is 10.4. The van der Waals surface area contributed by atoms with E-state index in [0.29, 0.717) is 16.0 Å². The van der Waals surface area contributed by atoms with Gasteiger partial charge in [0.15, 0.2) is 10.4 Å². The lowest BCUT2D eigenvalue weighted by Crippen LogP contribution is -1.99. The van der Waals surface area contributed by atoms with Gasteiger partial charge in [-0.25, -0.2) is 0 Å². The molecule has 4 nitrogen and oxygen atoms in total. The minimum Gasteiger partial charge on any atom is -0.446 e. The third-order valence-corrected chi connectivity index (χ3v) is 2.57. The molecule has 0 saturated heterocycles. The van der Waals surface area contributed by atoms with E-state index in [1.165, 1.54) is 0 Å². The van der Waals surface area contributed by atoms with Crippen LogP contribution in [0.1, 0.15) is 29.5 Å². The van der Waals surface area contributed by atoms with Gasteiger partial charge in [0, 0.05) is 12.7 Å². The summed E-state index contributed by atoms with van der Waals surface area (Å²) in [6.45, 7) is 2.88. The number of ketones is 1. The standard InChI is InChI=1S/C11H11BrN2O2/c1-2-5-14-7-8(6-13-14)11(15)9-3-4-10(12)16-9/h3-4,6-7H,2,5H2,1H3. The number of rotatable bonds is 4. The lowest BCUT2D eigenvalue weighted by Gasteiger charge is -1.94. The average Bonchev–Trinajstić information content (AvgIpc) is 2.87. The van der Waals surface area contributed by atoms with Crippen LogP contribution >= 0.6 is 15.9 Å². The van der Waals surface area contributed by atoms with Crippen molar-refractivity contribution in [3.63, 3.8) is 0 Å². The normalized spacial score (nSPS) is 10.6. The fraction of sp³-hybridized carbons (Fsp3) is 0.273. The van der Waals surface area contributed by atoms with Gasteiger partial charge in [-0.1, -0.05) is 6.92 Å². The van der Waals surface area contributed by atoms with E-state index in [-0.39, 0.29) is 5.78 Å². The molecule has 0 aliphatic carbocycles. The summed E-state index contributed by atoms with van der Waals surface area (Å²) in [5.41, 5.74) is 0.551. The maximum absolute atomic E-state index is 11.9. The quantitative estimate of drug-likeness (QED) is 0.810. The lowest BCUT2D eigenvalue weighted by molar-refractivity contribution is 0.101. The van der Waals surface area contributed by atoms with Gasteiger partial charge in [0.05, 0.1) is 11.8 Å². The zero-order chi connectivity index (χ0) is 11.5. The number of furan rings is 1. The van der Waals surface area contributed by atoms with Gasteiger partial charge in [-0.15, -0.1) is 0 Å². The number of aromatic nitrogens is 2. The van der Waals surface area contributed by atoms with Crippen LogP contribution in [0.5, 0.6) is 0 Å². The number of carbonyl (C=O) groups excluding carboxylic acids is 1. The molecule has 0 fully saturated rings. The first-order valence-electron chi connectivity index (χ1n) is 5.03. The summed E-state index contributed by atoms with van der Waals surface area (Å²) in [5.74, 6) is 0.177. The molecule has 0 bridgehead atoms. The highest BCUT2D eigenvalue weighted by atomic mass is 79.9. The predicted molar refractivity (Wildman–Crippen MR) is 62.4 cm³/mol. The van der Waals surface area contributed by atoms with E-state index in [9.17, 15) is 4.79 Å². The second-order valence-electron chi connectivity index (χ2n) is 3.42. The highest BCUT2D eigenvalue weighted by molar-refractivity contribution is 9.10. The highest BCUT2D eigenvalue weighted by Crippen LogP contribution is 2.17. The number of carbonyl (C=O) groups is 1. The van der Waals surface area contributed by atoms with E-state index in [0.717, 1.165) is 13.0 Å². The fourth-order valence-corrected chi connectivity index (χ4v) is 1.72. The van der Waals surface area contributed by atoms with Crippen LogP contribution in [0.2, 0.25) is 0 Å². The molecule has 2 rings (SSSR count). The van der Waals surface area contributed by atoms with Crippen molar-refractivity contribution < 1.29 is 9.21 Å². The molecule has 0 aliphatic heterocycles. The lowest BCUT2D eigenvalue weighted by atomic mass is 10.2. The van der Waals surface area contributed by atoms with Crippen LogP contribution in [0.25, 0.3) is 0 Å². The van der Waals surface area contributed by atoms with Crippen molar-refractivity contribution in [1.82, 2.24) is 9.78 Å². The molecular weight excluding hydrogens is 272 g/mol. The van der Waals surface area contributed by atoms with Crippen LogP contribution in [0.15, 0.2) is 33.6 Å². The summed E-state index contributed by atoms with van der Waals surface area (Å²) in [4.78, 5) is 11.9. The van der Waals surface area contributed by atoms with Gasteiger partial charge in [-0.2, -0.15) is 5.10 Å². The fourth-order valence-electron chi connectivity index (χ4n) is 1.41. The van der Waals surface area contributed by atoms with Crippen molar-refractivity contribution in [3.8, 4) is 0 Å². The number of aryl methyl sites for hydroxylation is 1. The minimum absolute atomic E-state index is 0.145. The summed E-state index contributed by atoms with van der Waals surface area (Å²) in [6, 6.07) is 3.34. The van der Waals surface area contributed by atoms with Gasteiger partial charge in [-0.3, -0.25) is 9.48 Å². The average molecular weight is 283 g/mol. The van der Waals surface area contributed by atoms with Crippen LogP contribution in [0, 0.1) is 0 Å². The van der Waals surface area contributed by atoms with Crippen molar-refractivity contribution in [1.29, 1.82) is 0 Å². The Balaban J connectivity index is 2.20. The number of hydrogen-bond acceptors (Lipinski definition) is 3. The summed E-state index contributed by atoms with van der Waals surface area (Å²) >= 11 is 3.16. The van der Waals surface area contributed by atoms with Crippen LogP contribution in [-0.2, 0) is 6.54 Å². The molecule has 0 spiro atoms. The second kappa shape index (κ2) is 4.65. The Morgan fingerprint density at radius 1 is 1.56 bits per heavy atom. The van der Waals surface area contributed by atoms with E-state index >= 15 is 0 Å². The zero-order valence-electron chi connectivity index (χ0n) is 8.81. The monoisotopic (exact) mass is 282 g/mol. The Morgan fingerprint density at radius 3 is 3.00 bits per heavy atom. The van der Waals surface area contributed by atoms with Crippen LogP contribution < -0.4 is 0 Å². The summed E-state index contributed by atoms with van der Waals surface area (Å²) in [6.07, 6.45) is 4.29. The maximum atomic E-state index is 11.9. The SMILES string of the molecule is CCCn1cc(C(=O)c2ccc(Br)o2)cn1. The molecule has 16 heavy (non-hydrogen) atoms. The third-order valence-electron chi connectivity index (χ3n) is 2.15. The molecule has 84 valence electrons. The summed E-state index contributed by atoms with van der Waals surface area (Å²) in [7, 11) is 0. The van der Waals surface area contributed by atoms with E-state index in [2.05, 4.69) is 28.0 Å². The highest BCUT2D eigenvalue weighted by Gasteiger charge is 2.14. The molecule has 0 N–H and O–H groups in total. The van der Waals surface area contributed by atoms with Gasteiger partial charge >= 0.3 is 0 Å². The van der Waals surface area contributed by atoms with Crippen molar-refractivity contribution in [2.24, 2.45) is 0 Å². The van der Waals surface area contributed by atoms with Gasteiger partial charge in [0.25, 0.3) is 0 Å². The molecule has 0 saturated carbocycles. The molecule has 0 unspecified atom stereocenters. The van der Waals surface area contributed by atoms with Gasteiger partial charge < -0.3 is 4.42 Å². The Bertz CT molecular complexity index is 502. The Labute approximate surface area is 101 Å². The third kappa shape index (κ3) is 2.24. The van der Waals surface area contributed by atoms with E-state index in [4.69, 9.17) is 4.42 Å². The molecule has 0 amide bonds. The van der Waals surface area contributed by atoms with Crippen LogP contribution in [-0.4, -0.2) is 15.6 Å². The van der Waals surface area contributed by atoms with Gasteiger partial charge in [-0.05, 0) is 34.5 Å². The molecule has 0 radical (unpaired) electrons. The topological polar surface area (TPSA) is 48.0 Å². The van der Waals surface area contributed by atoms with Crippen molar-refractivity contribution in [2.75, 3.05) is 0 Å². The number of nitrogens with zero attached hydrogens (tertiary/aromatic N) is 2. The molecule has 2 aromatic rings. The molecule has 0 atom stereocenters. The summed E-state index contributed by atoms with van der Waals surface area (Å²) < 4.78 is 7.51.